The third-order valence-corrected chi connectivity index (χ3v) is 8.28. The van der Waals surface area contributed by atoms with E-state index in [-0.39, 0.29) is 0 Å². The van der Waals surface area contributed by atoms with Crippen LogP contribution in [0, 0.1) is 28.1 Å². The van der Waals surface area contributed by atoms with Crippen molar-refractivity contribution >= 4 is 11.9 Å². The fraction of sp³-hybridized carbons (Fsp3) is 0.500. The van der Waals surface area contributed by atoms with Crippen molar-refractivity contribution in [2.24, 2.45) is 16.7 Å². The van der Waals surface area contributed by atoms with Gasteiger partial charge in [0.25, 0.3) is 0 Å². The van der Waals surface area contributed by atoms with Crippen LogP contribution < -0.4 is 4.74 Å². The van der Waals surface area contributed by atoms with Crippen molar-refractivity contribution in [3.8, 4) is 17.6 Å². The molecule has 0 radical (unpaired) electrons. The van der Waals surface area contributed by atoms with Gasteiger partial charge in [0.05, 0.1) is 18.6 Å². The first-order valence-electron chi connectivity index (χ1n) is 14.6. The van der Waals surface area contributed by atoms with Crippen LogP contribution in [0.15, 0.2) is 66.7 Å². The van der Waals surface area contributed by atoms with E-state index in [9.17, 15) is 20.0 Å². The number of aliphatic carboxylic acids is 1. The van der Waals surface area contributed by atoms with Gasteiger partial charge < -0.3 is 14.6 Å². The number of allylic oxidation sites excluding steroid dienone is 1. The lowest BCUT2D eigenvalue weighted by molar-refractivity contribution is -0.145. The van der Waals surface area contributed by atoms with Crippen LogP contribution in [-0.4, -0.2) is 23.7 Å². The van der Waals surface area contributed by atoms with Crippen LogP contribution in [-0.2, 0) is 14.3 Å². The number of nitriles is 1. The van der Waals surface area contributed by atoms with Gasteiger partial charge in [-0.2, -0.15) is 5.26 Å². The van der Waals surface area contributed by atoms with Gasteiger partial charge in [-0.05, 0) is 41.7 Å². The highest BCUT2D eigenvalue weighted by atomic mass is 16.5. The fourth-order valence-electron chi connectivity index (χ4n) is 5.94. The number of carbonyl (C=O) groups is 2. The first-order valence-corrected chi connectivity index (χ1v) is 14.6. The van der Waals surface area contributed by atoms with E-state index in [4.69, 9.17) is 9.47 Å². The maximum absolute atomic E-state index is 12.7. The highest BCUT2D eigenvalue weighted by Crippen LogP contribution is 2.75. The van der Waals surface area contributed by atoms with Crippen molar-refractivity contribution in [3.05, 3.63) is 72.3 Å². The summed E-state index contributed by atoms with van der Waals surface area (Å²) in [5.41, 5.74) is -1.57. The average Bonchev–Trinajstić information content (AvgIpc) is 3.44. The third-order valence-electron chi connectivity index (χ3n) is 8.28. The summed E-state index contributed by atoms with van der Waals surface area (Å²) < 4.78 is 11.3. The average molecular weight is 546 g/mol. The molecule has 0 unspecified atom stereocenters. The van der Waals surface area contributed by atoms with Gasteiger partial charge >= 0.3 is 11.9 Å². The van der Waals surface area contributed by atoms with Crippen molar-refractivity contribution < 1.29 is 24.2 Å². The van der Waals surface area contributed by atoms with Crippen molar-refractivity contribution in [2.75, 3.05) is 6.61 Å². The minimum absolute atomic E-state index is 0.353. The van der Waals surface area contributed by atoms with Crippen molar-refractivity contribution in [2.45, 2.75) is 84.5 Å². The molecule has 0 aliphatic heterocycles. The van der Waals surface area contributed by atoms with Gasteiger partial charge in [0.15, 0.2) is 0 Å². The Balaban J connectivity index is 1.59. The molecule has 1 aliphatic rings. The molecular formula is C34H43NO5. The Morgan fingerprint density at radius 3 is 2.20 bits per heavy atom. The van der Waals surface area contributed by atoms with Gasteiger partial charge in [0.2, 0.25) is 0 Å². The lowest BCUT2D eigenvalue weighted by atomic mass is 9.78. The summed E-state index contributed by atoms with van der Waals surface area (Å²) >= 11 is 0. The highest BCUT2D eigenvalue weighted by Gasteiger charge is 2.78. The van der Waals surface area contributed by atoms with Crippen LogP contribution in [0.1, 0.15) is 90.0 Å². The van der Waals surface area contributed by atoms with E-state index in [0.717, 1.165) is 19.3 Å². The number of nitrogens with zero attached hydrogens (tertiary/aromatic N) is 1. The van der Waals surface area contributed by atoms with Crippen molar-refractivity contribution in [3.63, 3.8) is 0 Å². The molecule has 3 atom stereocenters. The van der Waals surface area contributed by atoms with E-state index in [2.05, 4.69) is 13.0 Å². The molecule has 40 heavy (non-hydrogen) atoms. The van der Waals surface area contributed by atoms with Crippen LogP contribution in [0.2, 0.25) is 0 Å². The molecule has 3 rings (SSSR count). The molecule has 2 aromatic rings. The molecule has 0 saturated heterocycles. The molecule has 6 nitrogen and oxygen atoms in total. The molecule has 1 N–H and O–H groups in total. The second kappa shape index (κ2) is 14.7. The van der Waals surface area contributed by atoms with Crippen molar-refractivity contribution in [1.82, 2.24) is 0 Å². The van der Waals surface area contributed by atoms with E-state index < -0.39 is 34.6 Å². The number of esters is 1. The lowest BCUT2D eigenvalue weighted by Gasteiger charge is -2.22. The Kier molecular flexibility index (Phi) is 11.4. The second-order valence-electron chi connectivity index (χ2n) is 11.3. The Morgan fingerprint density at radius 2 is 1.57 bits per heavy atom. The topological polar surface area (TPSA) is 96.6 Å². The molecule has 0 spiro atoms. The Bertz CT molecular complexity index is 1180. The summed E-state index contributed by atoms with van der Waals surface area (Å²) in [5, 5.41) is 20.6. The number of benzene rings is 2. The molecule has 1 aliphatic carbocycles. The standard InChI is InChI=1S/C34H43NO5/c1-4-5-6-7-8-9-10-11-15-23-39-31(36)22-21-30-33(2,3)34(30,32(37)38)29(25-35)26-17-16-20-28(24-26)40-27-18-13-12-14-19-27/h12-14,16-22,24,29-30H,4-11,15,23H2,1-3H3,(H,37,38)/b22-21-/t29-,30-,34+/m0/s1. The van der Waals surface area contributed by atoms with Crippen LogP contribution >= 0.6 is 0 Å². The number of carboxylic acid groups (broad SMARTS) is 1. The van der Waals surface area contributed by atoms with E-state index >= 15 is 0 Å². The summed E-state index contributed by atoms with van der Waals surface area (Å²) in [5.74, 6) is -1.82. The van der Waals surface area contributed by atoms with E-state index in [1.165, 1.54) is 44.6 Å². The number of hydrogen-bond donors (Lipinski definition) is 1. The number of ether oxygens (including phenoxy) is 2. The lowest BCUT2D eigenvalue weighted by Crippen LogP contribution is -2.28. The quantitative estimate of drug-likeness (QED) is 0.122. The van der Waals surface area contributed by atoms with Gasteiger partial charge in [0, 0.05) is 12.0 Å². The number of unbranched alkanes of at least 4 members (excludes halogenated alkanes) is 8. The zero-order valence-electron chi connectivity index (χ0n) is 24.1. The fourth-order valence-corrected chi connectivity index (χ4v) is 5.94. The molecule has 2 aromatic carbocycles. The SMILES string of the molecule is CCCCCCCCCCCOC(=O)/C=C\[C@H]1C(C)(C)[C@]1(C(=O)O)[C@@H](C#N)c1cccc(Oc2ccccc2)c1. The molecule has 1 saturated carbocycles. The van der Waals surface area contributed by atoms with Gasteiger partial charge in [-0.1, -0.05) is 109 Å². The van der Waals surface area contributed by atoms with Gasteiger partial charge in [0.1, 0.15) is 16.9 Å². The van der Waals surface area contributed by atoms with E-state index in [0.29, 0.717) is 23.7 Å². The van der Waals surface area contributed by atoms with Gasteiger partial charge in [-0.15, -0.1) is 0 Å². The number of hydrogen-bond acceptors (Lipinski definition) is 5. The number of carboxylic acids is 1. The van der Waals surface area contributed by atoms with Crippen LogP contribution in [0.3, 0.4) is 0 Å². The van der Waals surface area contributed by atoms with E-state index in [1.807, 2.05) is 44.2 Å². The summed E-state index contributed by atoms with van der Waals surface area (Å²) in [7, 11) is 0. The molecule has 0 bridgehead atoms. The van der Waals surface area contributed by atoms with Gasteiger partial charge in [-0.3, -0.25) is 4.79 Å². The predicted octanol–water partition coefficient (Wildman–Crippen LogP) is 8.44. The molecule has 0 amide bonds. The summed E-state index contributed by atoms with van der Waals surface area (Å²) in [6, 6.07) is 18.5. The largest absolute Gasteiger partial charge is 0.481 e. The van der Waals surface area contributed by atoms with E-state index in [1.54, 1.807) is 30.3 Å². The first kappa shape index (κ1) is 30.9. The molecule has 0 aromatic heterocycles. The van der Waals surface area contributed by atoms with Gasteiger partial charge in [-0.25, -0.2) is 4.79 Å². The summed E-state index contributed by atoms with van der Waals surface area (Å²) in [6.45, 7) is 6.24. The molecule has 214 valence electrons. The number of para-hydroxylation sites is 1. The predicted molar refractivity (Wildman–Crippen MR) is 156 cm³/mol. The van der Waals surface area contributed by atoms with Crippen LogP contribution in [0.25, 0.3) is 0 Å². The monoisotopic (exact) mass is 545 g/mol. The smallest absolute Gasteiger partial charge is 0.330 e. The molecular weight excluding hydrogens is 502 g/mol. The Morgan fingerprint density at radius 1 is 0.950 bits per heavy atom. The maximum atomic E-state index is 12.7. The highest BCUT2D eigenvalue weighted by molar-refractivity contribution is 5.86. The Labute approximate surface area is 239 Å². The zero-order valence-corrected chi connectivity index (χ0v) is 24.1. The second-order valence-corrected chi connectivity index (χ2v) is 11.3. The minimum Gasteiger partial charge on any atom is -0.481 e. The van der Waals surface area contributed by atoms with Crippen molar-refractivity contribution in [1.29, 1.82) is 5.26 Å². The molecule has 1 fully saturated rings. The van der Waals surface area contributed by atoms with Crippen LogP contribution in [0.5, 0.6) is 11.5 Å². The summed E-state index contributed by atoms with van der Waals surface area (Å²) in [4.78, 5) is 25.1. The third kappa shape index (κ3) is 7.33. The number of carbonyl (C=O) groups excluding carboxylic acids is 1. The Hall–Kier alpha value is -3.59. The summed E-state index contributed by atoms with van der Waals surface area (Å²) in [6.07, 6.45) is 13.6. The zero-order chi connectivity index (χ0) is 29.0. The number of rotatable bonds is 17. The molecule has 6 heteroatoms. The van der Waals surface area contributed by atoms with Crippen LogP contribution in [0.4, 0.5) is 0 Å². The maximum Gasteiger partial charge on any atom is 0.330 e. The normalized spacial score (nSPS) is 20.0. The minimum atomic E-state index is -1.39. The molecule has 0 heterocycles. The first-order chi connectivity index (χ1) is 19.3.